The second-order valence-electron chi connectivity index (χ2n) is 11.5. The van der Waals surface area contributed by atoms with Crippen molar-refractivity contribution >= 4 is 48.1 Å². The normalized spacial score (nSPS) is 12.3. The van der Waals surface area contributed by atoms with Crippen LogP contribution in [-0.2, 0) is 27.3 Å². The molecule has 7 rings (SSSR count). The molecule has 0 amide bonds. The molecule has 1 saturated carbocycles. The standard InChI is InChI=1S/C25H29.C9H7.C6H5.C2H6Si.2ClH.Zr/c1-2-3-8-19-17-23-11-7-12-24(25(23)18-19)22-15-13-21(14-16-22)20-9-5-4-6-10-20;1-2-5-9-7-3-6-8(9)4-1;1-2-4-6-5-3-1;1-3-2;;;/h7,11-18,20H,2-6,8-10H2,1H3;1-7H;1-5H;1-2H3;2*1H;/q3*-1;;;;+2/p-2. The van der Waals surface area contributed by atoms with Gasteiger partial charge in [-0.3, -0.25) is 0 Å². The van der Waals surface area contributed by atoms with E-state index in [1.807, 2.05) is 30.3 Å². The summed E-state index contributed by atoms with van der Waals surface area (Å²) >= 11 is -0.826. The average Bonchev–Trinajstić information content (AvgIpc) is 3.77. The van der Waals surface area contributed by atoms with E-state index in [4.69, 9.17) is 17.0 Å². The van der Waals surface area contributed by atoms with Gasteiger partial charge in [-0.2, -0.15) is 60.0 Å². The minimum Gasteiger partial charge on any atom is -0.184 e. The first-order chi connectivity index (χ1) is 22.6. The molecule has 6 aromatic carbocycles. The van der Waals surface area contributed by atoms with Crippen LogP contribution in [0.5, 0.6) is 0 Å². The van der Waals surface area contributed by atoms with Crippen LogP contribution in [0, 0.1) is 6.07 Å². The fourth-order valence-electron chi connectivity index (χ4n) is 5.86. The Hall–Kier alpha value is -2.22. The van der Waals surface area contributed by atoms with Crippen molar-refractivity contribution in [1.29, 1.82) is 0 Å². The van der Waals surface area contributed by atoms with Crippen molar-refractivity contribution in [3.05, 3.63) is 145 Å². The zero-order valence-electron chi connectivity index (χ0n) is 27.6. The summed E-state index contributed by atoms with van der Waals surface area (Å²) in [7, 11) is 11.0. The molecule has 1 aliphatic rings. The molecule has 0 heterocycles. The predicted molar refractivity (Wildman–Crippen MR) is 203 cm³/mol. The van der Waals surface area contributed by atoms with Crippen molar-refractivity contribution in [3.63, 3.8) is 0 Å². The molecule has 1 aliphatic carbocycles. The van der Waals surface area contributed by atoms with Crippen molar-refractivity contribution in [3.8, 4) is 11.1 Å². The second kappa shape index (κ2) is 23.2. The maximum atomic E-state index is 4.93. The molecular weight excluding hydrogens is 695 g/mol. The molecule has 1 fully saturated rings. The fraction of sp³-hybridized carbons (Fsp3) is 0.286. The van der Waals surface area contributed by atoms with Gasteiger partial charge in [0.25, 0.3) is 0 Å². The molecule has 0 bridgehead atoms. The predicted octanol–water partition coefficient (Wildman–Crippen LogP) is 13.8. The van der Waals surface area contributed by atoms with Crippen LogP contribution in [0.3, 0.4) is 0 Å². The monoisotopic (exact) mass is 739 g/mol. The van der Waals surface area contributed by atoms with Crippen LogP contribution in [0.2, 0.25) is 13.1 Å². The van der Waals surface area contributed by atoms with Crippen molar-refractivity contribution in [1.82, 2.24) is 0 Å². The van der Waals surface area contributed by atoms with Gasteiger partial charge < -0.3 is 0 Å². The van der Waals surface area contributed by atoms with Gasteiger partial charge in [0, 0.05) is 9.52 Å². The summed E-state index contributed by atoms with van der Waals surface area (Å²) < 4.78 is 0. The third kappa shape index (κ3) is 13.1. The van der Waals surface area contributed by atoms with Crippen LogP contribution < -0.4 is 0 Å². The minimum atomic E-state index is -0.826. The Kier molecular flexibility index (Phi) is 19.3. The van der Waals surface area contributed by atoms with Crippen LogP contribution in [0.25, 0.3) is 32.7 Å². The Labute approximate surface area is 299 Å². The first-order valence-corrected chi connectivity index (χ1v) is 24.8. The third-order valence-corrected chi connectivity index (χ3v) is 8.08. The fourth-order valence-corrected chi connectivity index (χ4v) is 5.86. The molecule has 0 N–H and O–H groups in total. The van der Waals surface area contributed by atoms with Crippen molar-refractivity contribution in [2.75, 3.05) is 0 Å². The van der Waals surface area contributed by atoms with Gasteiger partial charge in [0.2, 0.25) is 0 Å². The van der Waals surface area contributed by atoms with Crippen molar-refractivity contribution in [2.24, 2.45) is 0 Å². The summed E-state index contributed by atoms with van der Waals surface area (Å²) in [5.41, 5.74) is 5.78. The van der Waals surface area contributed by atoms with Gasteiger partial charge in [-0.1, -0.05) is 94.1 Å². The van der Waals surface area contributed by atoms with E-state index < -0.39 is 20.8 Å². The van der Waals surface area contributed by atoms with Gasteiger partial charge >= 0.3 is 37.9 Å². The van der Waals surface area contributed by atoms with Crippen LogP contribution >= 0.6 is 17.0 Å². The second-order valence-corrected chi connectivity index (χ2v) is 16.3. The third-order valence-electron chi connectivity index (χ3n) is 8.08. The molecule has 0 spiro atoms. The molecule has 240 valence electrons. The number of hydrogen-bond donors (Lipinski definition) is 0. The first-order valence-electron chi connectivity index (χ1n) is 16.5. The van der Waals surface area contributed by atoms with Crippen LogP contribution in [0.1, 0.15) is 68.9 Å². The molecule has 2 radical (unpaired) electrons. The quantitative estimate of drug-likeness (QED) is 0.122. The summed E-state index contributed by atoms with van der Waals surface area (Å²) in [6.45, 7) is 6.57. The number of unbranched alkanes of at least 4 members (excludes halogenated alkanes) is 1. The largest absolute Gasteiger partial charge is 0.184 e. The molecular formula is C42H47Cl2SiZr-3. The zero-order valence-corrected chi connectivity index (χ0v) is 32.6. The number of hydrogen-bond acceptors (Lipinski definition) is 0. The molecule has 0 atom stereocenters. The van der Waals surface area contributed by atoms with E-state index in [9.17, 15) is 0 Å². The zero-order chi connectivity index (χ0) is 32.8. The first kappa shape index (κ1) is 38.2. The van der Waals surface area contributed by atoms with E-state index in [2.05, 4.69) is 123 Å². The van der Waals surface area contributed by atoms with Gasteiger partial charge in [0.15, 0.2) is 0 Å². The number of aryl methyl sites for hydroxylation is 1. The van der Waals surface area contributed by atoms with Gasteiger partial charge in [-0.15, -0.1) is 64.2 Å². The number of rotatable bonds is 5. The SMILES string of the molecule is CCCCc1cc2c(-c3ccc(C4CCCCC4)cc3)cccc2[cH-]1.C[Si]C.[Cl][Zr][Cl].[c-]1ccccc1.c1ccc2[cH-]ccc2c1. The summed E-state index contributed by atoms with van der Waals surface area (Å²) in [6, 6.07) is 48.2. The molecule has 6 aromatic rings. The topological polar surface area (TPSA) is 0 Å². The van der Waals surface area contributed by atoms with Gasteiger partial charge in [-0.25, -0.2) is 0 Å². The molecule has 0 aliphatic heterocycles. The number of benzene rings is 4. The molecule has 0 saturated heterocycles. The Morgan fingerprint density at radius 2 is 1.48 bits per heavy atom. The Morgan fingerprint density at radius 3 is 2.09 bits per heavy atom. The van der Waals surface area contributed by atoms with Crippen LogP contribution in [0.4, 0.5) is 0 Å². The number of halogens is 2. The van der Waals surface area contributed by atoms with Gasteiger partial charge in [0.05, 0.1) is 0 Å². The maximum Gasteiger partial charge on any atom is -0.0809 e. The van der Waals surface area contributed by atoms with E-state index in [1.165, 1.54) is 89.6 Å². The molecule has 4 heteroatoms. The van der Waals surface area contributed by atoms with E-state index in [1.54, 1.807) is 5.56 Å². The van der Waals surface area contributed by atoms with Crippen molar-refractivity contribution < 1.29 is 20.8 Å². The van der Waals surface area contributed by atoms with E-state index >= 15 is 0 Å². The van der Waals surface area contributed by atoms with Crippen molar-refractivity contribution in [2.45, 2.75) is 77.3 Å². The maximum absolute atomic E-state index is 4.93. The molecule has 0 unspecified atom stereocenters. The van der Waals surface area contributed by atoms with E-state index in [-0.39, 0.29) is 0 Å². The van der Waals surface area contributed by atoms with Gasteiger partial charge in [0.1, 0.15) is 0 Å². The van der Waals surface area contributed by atoms with Crippen LogP contribution in [-0.4, -0.2) is 9.52 Å². The summed E-state index contributed by atoms with van der Waals surface area (Å²) in [6.07, 6.45) is 10.7. The van der Waals surface area contributed by atoms with Gasteiger partial charge in [-0.05, 0) is 36.3 Å². The Balaban J connectivity index is 0.000000222. The van der Waals surface area contributed by atoms with Crippen LogP contribution in [0.15, 0.2) is 127 Å². The Morgan fingerprint density at radius 1 is 0.804 bits per heavy atom. The molecule has 0 nitrogen and oxygen atoms in total. The summed E-state index contributed by atoms with van der Waals surface area (Å²) in [5, 5.41) is 5.47. The summed E-state index contributed by atoms with van der Waals surface area (Å²) in [4.78, 5) is 0. The molecule has 46 heavy (non-hydrogen) atoms. The van der Waals surface area contributed by atoms with E-state index in [0.29, 0.717) is 0 Å². The summed E-state index contributed by atoms with van der Waals surface area (Å²) in [5.74, 6) is 0.790. The van der Waals surface area contributed by atoms with E-state index in [0.717, 1.165) is 15.4 Å². The average molecular weight is 742 g/mol. The minimum absolute atomic E-state index is 0.790. The molecule has 0 aromatic heterocycles. The smallest absolute Gasteiger partial charge is 0.0809 e. The Bertz CT molecular complexity index is 1540. The number of fused-ring (bicyclic) bond motifs is 2.